The second kappa shape index (κ2) is 10.3. The summed E-state index contributed by atoms with van der Waals surface area (Å²) >= 11 is 0. The molecule has 4 aromatic rings. The van der Waals surface area contributed by atoms with E-state index >= 15 is 0 Å². The fourth-order valence-electron chi connectivity index (χ4n) is 4.23. The number of alkyl halides is 2. The van der Waals surface area contributed by atoms with Crippen LogP contribution in [0, 0.1) is 6.92 Å². The Labute approximate surface area is 216 Å². The molecule has 196 valence electrons. The van der Waals surface area contributed by atoms with Crippen molar-refractivity contribution in [3.05, 3.63) is 65.7 Å². The van der Waals surface area contributed by atoms with Crippen molar-refractivity contribution >= 4 is 11.7 Å². The largest absolute Gasteiger partial charge is 0.381 e. The number of Topliss-reactive ketones (excluding diaryl/α,β-unsaturated/α-hetero) is 1. The number of amides is 1. The van der Waals surface area contributed by atoms with E-state index in [9.17, 15) is 23.5 Å². The number of nitrogens with zero attached hydrogens (tertiary/aromatic N) is 4. The summed E-state index contributed by atoms with van der Waals surface area (Å²) in [6, 6.07) is 16.0. The molecule has 0 bridgehead atoms. The molecule has 5 rings (SSSR count). The van der Waals surface area contributed by atoms with Crippen LogP contribution in [0.25, 0.3) is 34.3 Å². The van der Waals surface area contributed by atoms with E-state index in [0.29, 0.717) is 28.4 Å². The molecule has 9 nitrogen and oxygen atoms in total. The van der Waals surface area contributed by atoms with Crippen LogP contribution in [0.1, 0.15) is 36.5 Å². The minimum Gasteiger partial charge on any atom is -0.381 e. The highest BCUT2D eigenvalue weighted by molar-refractivity contribution is 5.85. The lowest BCUT2D eigenvalue weighted by Crippen LogP contribution is -2.58. The molecule has 11 heteroatoms. The first-order chi connectivity index (χ1) is 18.2. The maximum atomic E-state index is 12.9. The van der Waals surface area contributed by atoms with Crippen LogP contribution in [0.3, 0.4) is 0 Å². The second-order valence-corrected chi connectivity index (χ2v) is 9.22. The minimum absolute atomic E-state index is 0.0227. The number of hydrogen-bond donors (Lipinski definition) is 1. The highest BCUT2D eigenvalue weighted by atomic mass is 19.3. The van der Waals surface area contributed by atoms with Crippen LogP contribution in [0.15, 0.2) is 63.6 Å². The lowest BCUT2D eigenvalue weighted by atomic mass is 10.00. The lowest BCUT2D eigenvalue weighted by molar-refractivity contribution is -0.165. The summed E-state index contributed by atoms with van der Waals surface area (Å²) in [5, 5.41) is 18.5. The van der Waals surface area contributed by atoms with Crippen molar-refractivity contribution in [2.75, 3.05) is 13.1 Å². The van der Waals surface area contributed by atoms with Crippen LogP contribution >= 0.6 is 0 Å². The van der Waals surface area contributed by atoms with E-state index in [1.54, 1.807) is 24.3 Å². The number of benzene rings is 2. The monoisotopic (exact) mass is 522 g/mol. The number of aliphatic hydroxyl groups excluding tert-OH is 1. The SMILES string of the molecule is Cc1c(-c2ccccc2)noc1-c1nc(-c2ccc(C(O)C(=O)CCCC(=O)N3CC(F)(F)C3)cc2)no1. The van der Waals surface area contributed by atoms with Crippen LogP contribution in [0.5, 0.6) is 0 Å². The predicted octanol–water partition coefficient (Wildman–Crippen LogP) is 4.62. The fourth-order valence-corrected chi connectivity index (χ4v) is 4.23. The van der Waals surface area contributed by atoms with Crippen molar-refractivity contribution in [3.8, 4) is 34.3 Å². The van der Waals surface area contributed by atoms with Crippen molar-refractivity contribution < 1.29 is 32.5 Å². The van der Waals surface area contributed by atoms with Crippen molar-refractivity contribution in [2.45, 2.75) is 38.2 Å². The van der Waals surface area contributed by atoms with Gasteiger partial charge in [-0.15, -0.1) is 0 Å². The molecule has 0 saturated carbocycles. The van der Waals surface area contributed by atoms with Gasteiger partial charge in [-0.3, -0.25) is 9.59 Å². The number of halogens is 2. The molecule has 0 spiro atoms. The minimum atomic E-state index is -2.82. The Morgan fingerprint density at radius 2 is 1.71 bits per heavy atom. The normalized spacial score (nSPS) is 15.2. The van der Waals surface area contributed by atoms with Gasteiger partial charge in [0.1, 0.15) is 11.8 Å². The number of hydrogen-bond acceptors (Lipinski definition) is 8. The molecular formula is C27H24F2N4O5. The van der Waals surface area contributed by atoms with Crippen molar-refractivity contribution in [1.82, 2.24) is 20.2 Å². The molecular weight excluding hydrogens is 498 g/mol. The molecule has 38 heavy (non-hydrogen) atoms. The van der Waals surface area contributed by atoms with Gasteiger partial charge in [0.15, 0.2) is 5.78 Å². The summed E-state index contributed by atoms with van der Waals surface area (Å²) in [5.41, 5.74) is 3.30. The van der Waals surface area contributed by atoms with Gasteiger partial charge >= 0.3 is 0 Å². The Hall–Kier alpha value is -4.25. The van der Waals surface area contributed by atoms with E-state index in [2.05, 4.69) is 15.3 Å². The lowest BCUT2D eigenvalue weighted by Gasteiger charge is -2.38. The molecule has 1 aliphatic heterocycles. The smallest absolute Gasteiger partial charge is 0.297 e. The van der Waals surface area contributed by atoms with Crippen LogP contribution in [0.4, 0.5) is 8.78 Å². The standard InChI is InChI=1S/C27H24F2N4O5/c1-16-22(17-6-3-2-4-7-17)31-37-24(16)26-30-25(32-38-26)19-12-10-18(11-13-19)23(36)20(34)8-5-9-21(35)33-14-27(28,29)15-33/h2-4,6-7,10-13,23,36H,5,8-9,14-15H2,1H3. The topological polar surface area (TPSA) is 123 Å². The zero-order valence-corrected chi connectivity index (χ0v) is 20.4. The molecule has 1 atom stereocenters. The zero-order chi connectivity index (χ0) is 26.9. The Morgan fingerprint density at radius 3 is 2.39 bits per heavy atom. The van der Waals surface area contributed by atoms with E-state index in [1.165, 1.54) is 0 Å². The van der Waals surface area contributed by atoms with Gasteiger partial charge in [-0.2, -0.15) is 4.98 Å². The van der Waals surface area contributed by atoms with Crippen LogP contribution < -0.4 is 0 Å². The number of aliphatic hydroxyl groups is 1. The van der Waals surface area contributed by atoms with Gasteiger partial charge in [0, 0.05) is 29.5 Å². The van der Waals surface area contributed by atoms with E-state index in [0.717, 1.165) is 16.0 Å². The maximum Gasteiger partial charge on any atom is 0.297 e. The second-order valence-electron chi connectivity index (χ2n) is 9.22. The van der Waals surface area contributed by atoms with Crippen LogP contribution in [-0.4, -0.2) is 56.0 Å². The number of carbonyl (C=O) groups excluding carboxylic acids is 2. The molecule has 3 heterocycles. The first-order valence-electron chi connectivity index (χ1n) is 12.0. The molecule has 0 radical (unpaired) electrons. The van der Waals surface area contributed by atoms with Crippen molar-refractivity contribution in [2.24, 2.45) is 0 Å². The maximum absolute atomic E-state index is 12.9. The summed E-state index contributed by atoms with van der Waals surface area (Å²) in [6.45, 7) is 0.692. The first kappa shape index (κ1) is 25.4. The molecule has 1 fully saturated rings. The van der Waals surface area contributed by atoms with Gasteiger partial charge < -0.3 is 19.1 Å². The average Bonchev–Trinajstić information content (AvgIpc) is 3.54. The van der Waals surface area contributed by atoms with Crippen LogP contribution in [0.2, 0.25) is 0 Å². The summed E-state index contributed by atoms with van der Waals surface area (Å²) < 4.78 is 36.6. The number of likely N-dealkylation sites (tertiary alicyclic amines) is 1. The van der Waals surface area contributed by atoms with Gasteiger partial charge in [0.2, 0.25) is 17.5 Å². The van der Waals surface area contributed by atoms with Gasteiger partial charge in [-0.05, 0) is 18.9 Å². The highest BCUT2D eigenvalue weighted by Gasteiger charge is 2.45. The van der Waals surface area contributed by atoms with E-state index < -0.39 is 36.8 Å². The summed E-state index contributed by atoms with van der Waals surface area (Å²) in [5.74, 6) is -2.88. The molecule has 2 aromatic heterocycles. The fraction of sp³-hybridized carbons (Fsp3) is 0.296. The summed E-state index contributed by atoms with van der Waals surface area (Å²) in [6.07, 6.45) is -1.27. The van der Waals surface area contributed by atoms with Crippen molar-refractivity contribution in [1.29, 1.82) is 0 Å². The Kier molecular flexibility index (Phi) is 6.85. The number of ketones is 1. The van der Waals surface area contributed by atoms with Crippen molar-refractivity contribution in [3.63, 3.8) is 0 Å². The number of aromatic nitrogens is 3. The predicted molar refractivity (Wildman–Crippen MR) is 131 cm³/mol. The van der Waals surface area contributed by atoms with Gasteiger partial charge in [0.05, 0.1) is 13.1 Å². The van der Waals surface area contributed by atoms with Gasteiger partial charge in [-0.25, -0.2) is 8.78 Å². The summed E-state index contributed by atoms with van der Waals surface area (Å²) in [4.78, 5) is 29.7. The molecule has 1 aliphatic rings. The van der Waals surface area contributed by atoms with E-state index in [1.807, 2.05) is 37.3 Å². The number of carbonyl (C=O) groups is 2. The Morgan fingerprint density at radius 1 is 1.00 bits per heavy atom. The van der Waals surface area contributed by atoms with E-state index in [-0.39, 0.29) is 25.2 Å². The highest BCUT2D eigenvalue weighted by Crippen LogP contribution is 2.32. The van der Waals surface area contributed by atoms with Gasteiger partial charge in [0.25, 0.3) is 11.8 Å². The quantitative estimate of drug-likeness (QED) is 0.338. The molecule has 0 aliphatic carbocycles. The van der Waals surface area contributed by atoms with E-state index in [4.69, 9.17) is 9.05 Å². The molecule has 1 unspecified atom stereocenters. The average molecular weight is 523 g/mol. The number of rotatable bonds is 9. The summed E-state index contributed by atoms with van der Waals surface area (Å²) in [7, 11) is 0. The third-order valence-electron chi connectivity index (χ3n) is 6.39. The molecule has 1 saturated heterocycles. The first-order valence-corrected chi connectivity index (χ1v) is 12.0. The third kappa shape index (κ3) is 5.23. The van der Waals surface area contributed by atoms with Gasteiger partial charge in [-0.1, -0.05) is 64.9 Å². The van der Waals surface area contributed by atoms with Crippen LogP contribution in [-0.2, 0) is 9.59 Å². The Balaban J connectivity index is 1.19. The Bertz CT molecular complexity index is 1440. The molecule has 2 aromatic carbocycles. The zero-order valence-electron chi connectivity index (χ0n) is 20.4. The third-order valence-corrected chi connectivity index (χ3v) is 6.39. The molecule has 1 amide bonds. The molecule has 1 N–H and O–H groups in total.